The molecule has 88 valence electrons. The molecule has 0 aromatic heterocycles. The average Bonchev–Trinajstić information content (AvgIpc) is 2.27. The predicted octanol–water partition coefficient (Wildman–Crippen LogP) is 1.97. The number of amides is 2. The fourth-order valence-electron chi connectivity index (χ4n) is 1.30. The summed E-state index contributed by atoms with van der Waals surface area (Å²) in [6.45, 7) is 0.648. The normalized spacial score (nSPS) is 9.94. The van der Waals surface area contributed by atoms with Crippen molar-refractivity contribution in [2.75, 3.05) is 33.1 Å². The molecular weight excluding hydrogens is 204 g/mol. The maximum absolute atomic E-state index is 11.5. The first-order valence-electron chi connectivity index (χ1n) is 5.20. The molecule has 1 N–H and O–H groups in total. The van der Waals surface area contributed by atoms with Gasteiger partial charge in [0.1, 0.15) is 0 Å². The van der Waals surface area contributed by atoms with Gasteiger partial charge in [-0.25, -0.2) is 4.79 Å². The first kappa shape index (κ1) is 12.5. The molecule has 1 aromatic carbocycles. The molecule has 16 heavy (non-hydrogen) atoms. The number of benzene rings is 1. The Labute approximate surface area is 96.2 Å². The van der Waals surface area contributed by atoms with E-state index in [1.165, 1.54) is 4.90 Å². The third-order valence-electron chi connectivity index (χ3n) is 2.24. The van der Waals surface area contributed by atoms with Crippen molar-refractivity contribution >= 4 is 11.7 Å². The van der Waals surface area contributed by atoms with E-state index in [-0.39, 0.29) is 6.03 Å². The van der Waals surface area contributed by atoms with Crippen LogP contribution in [0.3, 0.4) is 0 Å². The molecule has 0 aliphatic rings. The predicted molar refractivity (Wildman–Crippen MR) is 64.7 cm³/mol. The number of carbonyl (C=O) groups excluding carboxylic acids is 1. The quantitative estimate of drug-likeness (QED) is 0.846. The van der Waals surface area contributed by atoms with E-state index >= 15 is 0 Å². The largest absolute Gasteiger partial charge is 0.384 e. The van der Waals surface area contributed by atoms with E-state index in [2.05, 4.69) is 5.32 Å². The van der Waals surface area contributed by atoms with Crippen molar-refractivity contribution in [3.05, 3.63) is 29.8 Å². The van der Waals surface area contributed by atoms with Gasteiger partial charge in [-0.2, -0.15) is 0 Å². The monoisotopic (exact) mass is 222 g/mol. The van der Waals surface area contributed by atoms with E-state index in [0.717, 1.165) is 17.7 Å². The Hall–Kier alpha value is -1.55. The molecule has 0 aliphatic heterocycles. The molecule has 4 nitrogen and oxygen atoms in total. The van der Waals surface area contributed by atoms with E-state index in [1.807, 2.05) is 24.3 Å². The van der Waals surface area contributed by atoms with E-state index in [1.54, 1.807) is 21.2 Å². The van der Waals surface area contributed by atoms with Crippen LogP contribution in [0.1, 0.15) is 5.56 Å². The highest BCUT2D eigenvalue weighted by atomic mass is 16.5. The van der Waals surface area contributed by atoms with Gasteiger partial charge >= 0.3 is 6.03 Å². The smallest absolute Gasteiger partial charge is 0.321 e. The summed E-state index contributed by atoms with van der Waals surface area (Å²) >= 11 is 0. The number of hydrogen-bond acceptors (Lipinski definition) is 2. The molecule has 0 radical (unpaired) electrons. The van der Waals surface area contributed by atoms with Gasteiger partial charge in [0.05, 0.1) is 6.61 Å². The minimum absolute atomic E-state index is 0.120. The van der Waals surface area contributed by atoms with Gasteiger partial charge in [-0.15, -0.1) is 0 Å². The second-order valence-electron chi connectivity index (χ2n) is 3.72. The number of hydrogen-bond donors (Lipinski definition) is 1. The maximum Gasteiger partial charge on any atom is 0.321 e. The van der Waals surface area contributed by atoms with Crippen LogP contribution in [-0.2, 0) is 11.2 Å². The van der Waals surface area contributed by atoms with Crippen molar-refractivity contribution in [1.82, 2.24) is 4.90 Å². The highest BCUT2D eigenvalue weighted by Crippen LogP contribution is 2.15. The first-order valence-corrected chi connectivity index (χ1v) is 5.20. The van der Waals surface area contributed by atoms with Crippen molar-refractivity contribution in [2.24, 2.45) is 0 Å². The first-order chi connectivity index (χ1) is 7.65. The van der Waals surface area contributed by atoms with Crippen LogP contribution in [0.15, 0.2) is 24.3 Å². The number of anilines is 1. The number of methoxy groups -OCH3 is 1. The van der Waals surface area contributed by atoms with Crippen molar-refractivity contribution < 1.29 is 9.53 Å². The molecule has 2 amide bonds. The number of urea groups is 1. The molecule has 0 saturated carbocycles. The summed E-state index contributed by atoms with van der Waals surface area (Å²) in [5.41, 5.74) is 1.93. The number of nitrogens with one attached hydrogen (secondary N) is 1. The lowest BCUT2D eigenvalue weighted by Gasteiger charge is -2.14. The molecule has 0 fully saturated rings. The van der Waals surface area contributed by atoms with E-state index in [9.17, 15) is 4.79 Å². The highest BCUT2D eigenvalue weighted by molar-refractivity contribution is 5.89. The van der Waals surface area contributed by atoms with E-state index in [0.29, 0.717) is 6.61 Å². The summed E-state index contributed by atoms with van der Waals surface area (Å²) in [5.74, 6) is 0. The van der Waals surface area contributed by atoms with Crippen molar-refractivity contribution in [2.45, 2.75) is 6.42 Å². The lowest BCUT2D eigenvalue weighted by molar-refractivity contribution is 0.202. The Morgan fingerprint density at radius 1 is 1.38 bits per heavy atom. The summed E-state index contributed by atoms with van der Waals surface area (Å²) in [6.07, 6.45) is 0.792. The topological polar surface area (TPSA) is 41.6 Å². The van der Waals surface area contributed by atoms with Crippen LogP contribution in [0.4, 0.5) is 10.5 Å². The zero-order valence-electron chi connectivity index (χ0n) is 9.99. The van der Waals surface area contributed by atoms with Gasteiger partial charge < -0.3 is 15.0 Å². The molecular formula is C12H18N2O2. The number of para-hydroxylation sites is 1. The zero-order chi connectivity index (χ0) is 12.0. The van der Waals surface area contributed by atoms with E-state index in [4.69, 9.17) is 4.74 Å². The van der Waals surface area contributed by atoms with E-state index < -0.39 is 0 Å². The molecule has 0 saturated heterocycles. The van der Waals surface area contributed by atoms with Gasteiger partial charge in [0.2, 0.25) is 0 Å². The van der Waals surface area contributed by atoms with Crippen LogP contribution in [0.25, 0.3) is 0 Å². The molecule has 0 aliphatic carbocycles. The molecule has 4 heteroatoms. The summed E-state index contributed by atoms with van der Waals surface area (Å²) in [5, 5.41) is 2.85. The minimum atomic E-state index is -0.120. The maximum atomic E-state index is 11.5. The molecule has 0 heterocycles. The third-order valence-corrected chi connectivity index (χ3v) is 2.24. The Balaban J connectivity index is 2.74. The number of nitrogens with zero attached hydrogens (tertiary/aromatic N) is 1. The van der Waals surface area contributed by atoms with Gasteiger partial charge in [0.25, 0.3) is 0 Å². The number of carbonyl (C=O) groups is 1. The standard InChI is InChI=1S/C12H18N2O2/c1-14(2)12(15)13-11-7-5-4-6-10(11)8-9-16-3/h4-7H,8-9H2,1-3H3,(H,13,15). The van der Waals surface area contributed by atoms with Gasteiger partial charge in [0, 0.05) is 26.9 Å². The molecule has 0 bridgehead atoms. The van der Waals surface area contributed by atoms with Crippen LogP contribution < -0.4 is 5.32 Å². The fraction of sp³-hybridized carbons (Fsp3) is 0.417. The lowest BCUT2D eigenvalue weighted by Crippen LogP contribution is -2.27. The summed E-state index contributed by atoms with van der Waals surface area (Å²) in [4.78, 5) is 13.0. The van der Waals surface area contributed by atoms with Crippen LogP contribution in [0.5, 0.6) is 0 Å². The second-order valence-corrected chi connectivity index (χ2v) is 3.72. The highest BCUT2D eigenvalue weighted by Gasteiger charge is 2.07. The summed E-state index contributed by atoms with van der Waals surface area (Å²) in [6, 6.07) is 7.62. The lowest BCUT2D eigenvalue weighted by atomic mass is 10.1. The van der Waals surface area contributed by atoms with Gasteiger partial charge in [-0.3, -0.25) is 0 Å². The van der Waals surface area contributed by atoms with Gasteiger partial charge in [0.15, 0.2) is 0 Å². The van der Waals surface area contributed by atoms with Crippen LogP contribution in [-0.4, -0.2) is 38.7 Å². The Bertz CT molecular complexity index is 351. The van der Waals surface area contributed by atoms with Gasteiger partial charge in [-0.1, -0.05) is 18.2 Å². The molecule has 1 aromatic rings. The average molecular weight is 222 g/mol. The third kappa shape index (κ3) is 3.55. The van der Waals surface area contributed by atoms with Crippen molar-refractivity contribution in [3.8, 4) is 0 Å². The summed E-state index contributed by atoms with van der Waals surface area (Å²) < 4.78 is 5.03. The van der Waals surface area contributed by atoms with Crippen molar-refractivity contribution in [3.63, 3.8) is 0 Å². The Morgan fingerprint density at radius 2 is 2.06 bits per heavy atom. The second kappa shape index (κ2) is 6.12. The molecule has 0 unspecified atom stereocenters. The summed E-state index contributed by atoms with van der Waals surface area (Å²) in [7, 11) is 5.10. The molecule has 0 atom stereocenters. The van der Waals surface area contributed by atoms with Crippen LogP contribution >= 0.6 is 0 Å². The van der Waals surface area contributed by atoms with Crippen LogP contribution in [0.2, 0.25) is 0 Å². The number of rotatable bonds is 4. The zero-order valence-corrected chi connectivity index (χ0v) is 9.99. The Kier molecular flexibility index (Phi) is 4.79. The van der Waals surface area contributed by atoms with Gasteiger partial charge in [-0.05, 0) is 18.1 Å². The SMILES string of the molecule is COCCc1ccccc1NC(=O)N(C)C. The van der Waals surface area contributed by atoms with Crippen LogP contribution in [0, 0.1) is 0 Å². The molecule has 0 spiro atoms. The molecule has 1 rings (SSSR count). The number of ether oxygens (including phenoxy) is 1. The minimum Gasteiger partial charge on any atom is -0.384 e. The fourth-order valence-corrected chi connectivity index (χ4v) is 1.30. The Morgan fingerprint density at radius 3 is 2.69 bits per heavy atom. The van der Waals surface area contributed by atoms with Crippen molar-refractivity contribution in [1.29, 1.82) is 0 Å².